The fourth-order valence-corrected chi connectivity index (χ4v) is 2.28. The van der Waals surface area contributed by atoms with Gasteiger partial charge < -0.3 is 11.1 Å². The van der Waals surface area contributed by atoms with Gasteiger partial charge in [-0.2, -0.15) is 0 Å². The lowest BCUT2D eigenvalue weighted by Crippen LogP contribution is -2.15. The Balaban J connectivity index is 3.27. The topological polar surface area (TPSA) is 98.2 Å². The van der Waals surface area contributed by atoms with Gasteiger partial charge in [0, 0.05) is 17.9 Å². The van der Waals surface area contributed by atoms with Crippen LogP contribution in [-0.4, -0.2) is 15.0 Å². The number of nitrogens with one attached hydrogen (secondary N) is 1. The summed E-state index contributed by atoms with van der Waals surface area (Å²) < 4.78 is 22.7. The molecule has 6 heteroatoms. The van der Waals surface area contributed by atoms with Crippen molar-refractivity contribution in [2.24, 2.45) is 5.14 Å². The molecule has 5 N–H and O–H groups in total. The first-order chi connectivity index (χ1) is 7.36. The maximum absolute atomic E-state index is 11.3. The first-order valence-corrected chi connectivity index (χ1v) is 6.57. The van der Waals surface area contributed by atoms with Gasteiger partial charge in [0.05, 0.1) is 4.90 Å². The van der Waals surface area contributed by atoms with Gasteiger partial charge in [0.1, 0.15) is 0 Å². The number of rotatable bonds is 4. The van der Waals surface area contributed by atoms with Crippen LogP contribution in [0.15, 0.2) is 17.0 Å². The molecule has 0 aliphatic heterocycles. The van der Waals surface area contributed by atoms with E-state index in [2.05, 4.69) is 5.32 Å². The quantitative estimate of drug-likeness (QED) is 0.688. The fraction of sp³-hybridized carbons (Fsp3) is 0.400. The number of nitrogen functional groups attached to an aromatic ring is 1. The summed E-state index contributed by atoms with van der Waals surface area (Å²) in [6, 6.07) is 3.08. The monoisotopic (exact) mass is 243 g/mol. The number of nitrogens with two attached hydrogens (primary N) is 2. The summed E-state index contributed by atoms with van der Waals surface area (Å²) >= 11 is 0. The highest BCUT2D eigenvalue weighted by Crippen LogP contribution is 2.25. The van der Waals surface area contributed by atoms with E-state index < -0.39 is 10.0 Å². The molecule has 5 nitrogen and oxygen atoms in total. The second kappa shape index (κ2) is 4.71. The van der Waals surface area contributed by atoms with Gasteiger partial charge in [-0.05, 0) is 31.0 Å². The molecule has 0 unspecified atom stereocenters. The molecule has 0 spiro atoms. The Morgan fingerprint density at radius 1 is 1.38 bits per heavy atom. The van der Waals surface area contributed by atoms with Crippen molar-refractivity contribution in [3.8, 4) is 0 Å². The van der Waals surface area contributed by atoms with Crippen LogP contribution in [0.2, 0.25) is 0 Å². The van der Waals surface area contributed by atoms with Gasteiger partial charge in [0.2, 0.25) is 10.0 Å². The third-order valence-electron chi connectivity index (χ3n) is 2.25. The summed E-state index contributed by atoms with van der Waals surface area (Å²) in [7, 11) is -3.72. The van der Waals surface area contributed by atoms with Crippen molar-refractivity contribution in [1.82, 2.24) is 0 Å². The summed E-state index contributed by atoms with van der Waals surface area (Å²) in [5.74, 6) is 0. The third kappa shape index (κ3) is 2.86. The van der Waals surface area contributed by atoms with E-state index in [1.807, 2.05) is 6.92 Å². The third-order valence-corrected chi connectivity index (χ3v) is 3.29. The minimum Gasteiger partial charge on any atom is -0.399 e. The van der Waals surface area contributed by atoms with E-state index in [-0.39, 0.29) is 4.90 Å². The van der Waals surface area contributed by atoms with Crippen molar-refractivity contribution >= 4 is 21.4 Å². The van der Waals surface area contributed by atoms with Crippen LogP contribution >= 0.6 is 0 Å². The van der Waals surface area contributed by atoms with Gasteiger partial charge in [0.25, 0.3) is 0 Å². The zero-order valence-corrected chi connectivity index (χ0v) is 10.3. The second-order valence-electron chi connectivity index (χ2n) is 3.66. The maximum Gasteiger partial charge on any atom is 0.238 e. The van der Waals surface area contributed by atoms with E-state index in [1.165, 1.54) is 6.07 Å². The smallest absolute Gasteiger partial charge is 0.238 e. The van der Waals surface area contributed by atoms with Gasteiger partial charge in [-0.15, -0.1) is 0 Å². The Morgan fingerprint density at radius 3 is 2.50 bits per heavy atom. The maximum atomic E-state index is 11.3. The highest BCUT2D eigenvalue weighted by molar-refractivity contribution is 7.89. The van der Waals surface area contributed by atoms with Crippen LogP contribution in [0.3, 0.4) is 0 Å². The lowest BCUT2D eigenvalue weighted by atomic mass is 10.2. The molecule has 1 aromatic rings. The zero-order valence-electron chi connectivity index (χ0n) is 9.45. The van der Waals surface area contributed by atoms with Gasteiger partial charge in [0.15, 0.2) is 0 Å². The summed E-state index contributed by atoms with van der Waals surface area (Å²) in [5, 5.41) is 8.23. The molecule has 1 rings (SSSR count). The number of anilines is 2. The molecule has 0 aliphatic carbocycles. The van der Waals surface area contributed by atoms with E-state index in [9.17, 15) is 8.42 Å². The first-order valence-electron chi connectivity index (χ1n) is 5.03. The van der Waals surface area contributed by atoms with Crippen LogP contribution in [0.25, 0.3) is 0 Å². The van der Waals surface area contributed by atoms with Gasteiger partial charge in [-0.3, -0.25) is 0 Å². The SMILES string of the molecule is CCCNc1cc(N)cc(S(N)(=O)=O)c1C. The number of hydrogen-bond acceptors (Lipinski definition) is 4. The number of hydrogen-bond donors (Lipinski definition) is 3. The van der Waals surface area contributed by atoms with E-state index in [4.69, 9.17) is 10.9 Å². The van der Waals surface area contributed by atoms with E-state index in [1.54, 1.807) is 13.0 Å². The molecule has 0 saturated heterocycles. The van der Waals surface area contributed by atoms with Crippen molar-refractivity contribution < 1.29 is 8.42 Å². The van der Waals surface area contributed by atoms with Crippen molar-refractivity contribution in [1.29, 1.82) is 0 Å². The number of primary sulfonamides is 1. The Kier molecular flexibility index (Phi) is 3.77. The van der Waals surface area contributed by atoms with Crippen molar-refractivity contribution in [2.75, 3.05) is 17.6 Å². The Labute approximate surface area is 95.9 Å². The largest absolute Gasteiger partial charge is 0.399 e. The molecule has 0 amide bonds. The van der Waals surface area contributed by atoms with Crippen LogP contribution in [0.5, 0.6) is 0 Å². The number of sulfonamides is 1. The van der Waals surface area contributed by atoms with Crippen LogP contribution in [0, 0.1) is 6.92 Å². The Morgan fingerprint density at radius 2 is 2.00 bits per heavy atom. The highest BCUT2D eigenvalue weighted by Gasteiger charge is 2.15. The average Bonchev–Trinajstić information content (AvgIpc) is 2.17. The molecule has 90 valence electrons. The van der Waals surface area contributed by atoms with E-state index >= 15 is 0 Å². The first kappa shape index (κ1) is 12.8. The minimum absolute atomic E-state index is 0.0751. The van der Waals surface area contributed by atoms with Crippen LogP contribution in [0.4, 0.5) is 11.4 Å². The highest BCUT2D eigenvalue weighted by atomic mass is 32.2. The lowest BCUT2D eigenvalue weighted by molar-refractivity contribution is 0.597. The molecule has 1 aromatic carbocycles. The summed E-state index contributed by atoms with van der Waals surface area (Å²) in [6.45, 7) is 4.49. The lowest BCUT2D eigenvalue weighted by Gasteiger charge is -2.13. The van der Waals surface area contributed by atoms with Crippen molar-refractivity contribution in [3.05, 3.63) is 17.7 Å². The minimum atomic E-state index is -3.72. The molecule has 0 aliphatic rings. The van der Waals surface area contributed by atoms with Crippen LogP contribution in [0.1, 0.15) is 18.9 Å². The molecular formula is C10H17N3O2S. The van der Waals surface area contributed by atoms with Crippen LogP contribution in [-0.2, 0) is 10.0 Å². The second-order valence-corrected chi connectivity index (χ2v) is 5.19. The van der Waals surface area contributed by atoms with E-state index in [0.29, 0.717) is 16.9 Å². The van der Waals surface area contributed by atoms with E-state index in [0.717, 1.165) is 13.0 Å². The Bertz CT molecular complexity index is 483. The molecular weight excluding hydrogens is 226 g/mol. The van der Waals surface area contributed by atoms with Gasteiger partial charge in [-0.1, -0.05) is 6.92 Å². The molecule has 0 saturated carbocycles. The summed E-state index contributed by atoms with van der Waals surface area (Å²) in [6.07, 6.45) is 0.943. The summed E-state index contributed by atoms with van der Waals surface area (Å²) in [4.78, 5) is 0.0751. The molecule has 0 heterocycles. The standard InChI is InChI=1S/C10H17N3O2S/c1-3-4-13-9-5-8(11)6-10(7(9)2)16(12,14)15/h5-6,13H,3-4,11H2,1-2H3,(H2,12,14,15). The molecule has 0 fully saturated rings. The van der Waals surface area contributed by atoms with Gasteiger partial charge in [-0.25, -0.2) is 13.6 Å². The predicted octanol–water partition coefficient (Wildman–Crippen LogP) is 1.05. The van der Waals surface area contributed by atoms with Crippen molar-refractivity contribution in [2.45, 2.75) is 25.2 Å². The fourth-order valence-electron chi connectivity index (χ4n) is 1.45. The normalized spacial score (nSPS) is 11.4. The average molecular weight is 243 g/mol. The molecule has 0 atom stereocenters. The molecule has 0 aromatic heterocycles. The van der Waals surface area contributed by atoms with Gasteiger partial charge >= 0.3 is 0 Å². The van der Waals surface area contributed by atoms with Crippen molar-refractivity contribution in [3.63, 3.8) is 0 Å². The number of benzene rings is 1. The molecule has 0 bridgehead atoms. The predicted molar refractivity (Wildman–Crippen MR) is 65.7 cm³/mol. The molecule has 16 heavy (non-hydrogen) atoms. The van der Waals surface area contributed by atoms with Crippen LogP contribution < -0.4 is 16.2 Å². The zero-order chi connectivity index (χ0) is 12.3. The molecule has 0 radical (unpaired) electrons. The summed E-state index contributed by atoms with van der Waals surface area (Å²) in [5.41, 5.74) is 7.34. The Hall–Kier alpha value is -1.27.